The zero-order valence-electron chi connectivity index (χ0n) is 15.1. The lowest BCUT2D eigenvalue weighted by Crippen LogP contribution is -2.40. The van der Waals surface area contributed by atoms with E-state index < -0.39 is 24.0 Å². The zero-order chi connectivity index (χ0) is 18.3. The summed E-state index contributed by atoms with van der Waals surface area (Å²) in [7, 11) is 0. The number of unbranched alkanes of at least 4 members (excludes halogenated alkanes) is 9. The third-order valence-electron chi connectivity index (χ3n) is 3.98. The highest BCUT2D eigenvalue weighted by atomic mass is 16.5. The molecule has 5 nitrogen and oxygen atoms in total. The van der Waals surface area contributed by atoms with Gasteiger partial charge in [-0.15, -0.1) is 11.8 Å². The first-order chi connectivity index (χ1) is 11.4. The fourth-order valence-electron chi connectivity index (χ4n) is 2.45. The third-order valence-corrected chi connectivity index (χ3v) is 3.98. The Morgan fingerprint density at radius 3 is 1.88 bits per heavy atom. The van der Waals surface area contributed by atoms with Gasteiger partial charge in [-0.25, -0.2) is 4.79 Å². The molecule has 0 saturated heterocycles. The standard InChI is InChI=1S/C19H32O5/c1-3-4-5-6-7-8-9-10-11-12-13-14-15-24-19(2,18(22)23)16-17(20)21/h5-16H2,1-2H3,(H,20,21)(H,22,23). The summed E-state index contributed by atoms with van der Waals surface area (Å²) in [6, 6.07) is 0. The fraction of sp³-hybridized carbons (Fsp3) is 0.789. The van der Waals surface area contributed by atoms with Crippen molar-refractivity contribution in [3.8, 4) is 11.8 Å². The molecule has 0 spiro atoms. The maximum atomic E-state index is 11.1. The lowest BCUT2D eigenvalue weighted by molar-refractivity contribution is -0.170. The second-order valence-corrected chi connectivity index (χ2v) is 6.31. The number of carboxylic acids is 2. The molecule has 5 heteroatoms. The number of hydrogen-bond donors (Lipinski definition) is 2. The van der Waals surface area contributed by atoms with Crippen LogP contribution in [0.15, 0.2) is 0 Å². The van der Waals surface area contributed by atoms with Crippen molar-refractivity contribution in [3.63, 3.8) is 0 Å². The van der Waals surface area contributed by atoms with Crippen LogP contribution < -0.4 is 0 Å². The quantitative estimate of drug-likeness (QED) is 0.344. The van der Waals surface area contributed by atoms with E-state index in [2.05, 4.69) is 11.8 Å². The second-order valence-electron chi connectivity index (χ2n) is 6.31. The van der Waals surface area contributed by atoms with Gasteiger partial charge in [0, 0.05) is 13.0 Å². The molecule has 0 radical (unpaired) electrons. The lowest BCUT2D eigenvalue weighted by Gasteiger charge is -2.23. The van der Waals surface area contributed by atoms with Crippen LogP contribution in [-0.2, 0) is 14.3 Å². The van der Waals surface area contributed by atoms with Crippen molar-refractivity contribution in [1.29, 1.82) is 0 Å². The molecule has 24 heavy (non-hydrogen) atoms. The van der Waals surface area contributed by atoms with Gasteiger partial charge >= 0.3 is 11.9 Å². The van der Waals surface area contributed by atoms with Crippen LogP contribution in [0.3, 0.4) is 0 Å². The van der Waals surface area contributed by atoms with Gasteiger partial charge in [-0.3, -0.25) is 4.79 Å². The fourth-order valence-corrected chi connectivity index (χ4v) is 2.45. The van der Waals surface area contributed by atoms with Crippen molar-refractivity contribution >= 4 is 11.9 Å². The molecule has 0 saturated carbocycles. The predicted molar refractivity (Wildman–Crippen MR) is 93.9 cm³/mol. The summed E-state index contributed by atoms with van der Waals surface area (Å²) in [6.07, 6.45) is 10.7. The van der Waals surface area contributed by atoms with E-state index in [4.69, 9.17) is 14.9 Å². The van der Waals surface area contributed by atoms with Crippen LogP contribution in [-0.4, -0.2) is 34.4 Å². The number of ether oxygens (including phenoxy) is 1. The van der Waals surface area contributed by atoms with Crippen molar-refractivity contribution in [2.45, 2.75) is 90.1 Å². The van der Waals surface area contributed by atoms with E-state index in [1.165, 1.54) is 45.4 Å². The molecule has 2 N–H and O–H groups in total. The maximum absolute atomic E-state index is 11.1. The number of carboxylic acid groups (broad SMARTS) is 2. The summed E-state index contributed by atoms with van der Waals surface area (Å²) in [6.45, 7) is 3.48. The molecule has 0 fully saturated rings. The molecule has 1 atom stereocenters. The summed E-state index contributed by atoms with van der Waals surface area (Å²) in [5.74, 6) is 3.59. The van der Waals surface area contributed by atoms with E-state index in [1.54, 1.807) is 0 Å². The average molecular weight is 340 g/mol. The van der Waals surface area contributed by atoms with Gasteiger partial charge in [0.05, 0.1) is 6.42 Å². The predicted octanol–water partition coefficient (Wildman–Crippen LogP) is 4.25. The maximum Gasteiger partial charge on any atom is 0.336 e. The number of hydrogen-bond acceptors (Lipinski definition) is 3. The summed E-state index contributed by atoms with van der Waals surface area (Å²) in [4.78, 5) is 21.8. The van der Waals surface area contributed by atoms with Crippen LogP contribution in [0.5, 0.6) is 0 Å². The molecule has 0 aliphatic rings. The minimum atomic E-state index is -1.63. The molecule has 138 valence electrons. The first-order valence-corrected chi connectivity index (χ1v) is 8.91. The van der Waals surface area contributed by atoms with Crippen LogP contribution in [0, 0.1) is 11.8 Å². The van der Waals surface area contributed by atoms with E-state index >= 15 is 0 Å². The molecule has 1 unspecified atom stereocenters. The van der Waals surface area contributed by atoms with Crippen LogP contribution in [0.4, 0.5) is 0 Å². The summed E-state index contributed by atoms with van der Waals surface area (Å²) in [5.41, 5.74) is -1.63. The lowest BCUT2D eigenvalue weighted by atomic mass is 10.0. The topological polar surface area (TPSA) is 83.8 Å². The van der Waals surface area contributed by atoms with Gasteiger partial charge in [-0.2, -0.15) is 0 Å². The Hall–Kier alpha value is -1.54. The van der Waals surface area contributed by atoms with Gasteiger partial charge < -0.3 is 14.9 Å². The minimum absolute atomic E-state index is 0.286. The first-order valence-electron chi connectivity index (χ1n) is 8.91. The van der Waals surface area contributed by atoms with E-state index in [-0.39, 0.29) is 6.61 Å². The molecule has 0 aromatic rings. The van der Waals surface area contributed by atoms with Crippen molar-refractivity contribution in [3.05, 3.63) is 0 Å². The zero-order valence-corrected chi connectivity index (χ0v) is 15.1. The second kappa shape index (κ2) is 13.9. The molecule has 0 aliphatic carbocycles. The van der Waals surface area contributed by atoms with Gasteiger partial charge in [0.15, 0.2) is 5.60 Å². The highest BCUT2D eigenvalue weighted by Gasteiger charge is 2.36. The number of carbonyl (C=O) groups is 2. The summed E-state index contributed by atoms with van der Waals surface area (Å²) < 4.78 is 5.30. The van der Waals surface area contributed by atoms with Gasteiger partial charge in [-0.05, 0) is 26.7 Å². The first kappa shape index (κ1) is 22.5. The van der Waals surface area contributed by atoms with E-state index in [9.17, 15) is 9.59 Å². The molecule has 0 aromatic heterocycles. The van der Waals surface area contributed by atoms with Crippen molar-refractivity contribution in [1.82, 2.24) is 0 Å². The molecule has 0 aliphatic heterocycles. The van der Waals surface area contributed by atoms with Crippen molar-refractivity contribution < 1.29 is 24.5 Å². The van der Waals surface area contributed by atoms with E-state index in [1.807, 2.05) is 6.92 Å². The molecule has 0 aromatic carbocycles. The SMILES string of the molecule is CC#CCCCCCCCCCCCOC(C)(CC(=O)O)C(=O)O. The Balaban J connectivity index is 3.54. The summed E-state index contributed by atoms with van der Waals surface area (Å²) in [5, 5.41) is 17.8. The van der Waals surface area contributed by atoms with Crippen LogP contribution in [0.2, 0.25) is 0 Å². The van der Waals surface area contributed by atoms with Crippen molar-refractivity contribution in [2.75, 3.05) is 6.61 Å². The number of aliphatic carboxylic acids is 2. The number of rotatable bonds is 15. The molecule has 0 heterocycles. The highest BCUT2D eigenvalue weighted by Crippen LogP contribution is 2.17. The Morgan fingerprint density at radius 2 is 1.42 bits per heavy atom. The van der Waals surface area contributed by atoms with Crippen LogP contribution >= 0.6 is 0 Å². The van der Waals surface area contributed by atoms with Gasteiger partial charge in [0.25, 0.3) is 0 Å². The Labute approximate surface area is 145 Å². The summed E-state index contributed by atoms with van der Waals surface area (Å²) >= 11 is 0. The third kappa shape index (κ3) is 12.0. The molecular weight excluding hydrogens is 308 g/mol. The Bertz CT molecular complexity index is 421. The normalized spacial score (nSPS) is 12.9. The molecular formula is C19H32O5. The average Bonchev–Trinajstić information content (AvgIpc) is 2.51. The van der Waals surface area contributed by atoms with Crippen LogP contribution in [0.25, 0.3) is 0 Å². The van der Waals surface area contributed by atoms with Crippen LogP contribution in [0.1, 0.15) is 84.5 Å². The van der Waals surface area contributed by atoms with E-state index in [0.29, 0.717) is 0 Å². The molecule has 0 bridgehead atoms. The largest absolute Gasteiger partial charge is 0.481 e. The minimum Gasteiger partial charge on any atom is -0.481 e. The smallest absolute Gasteiger partial charge is 0.336 e. The Morgan fingerprint density at radius 1 is 0.917 bits per heavy atom. The molecule has 0 rings (SSSR count). The van der Waals surface area contributed by atoms with E-state index in [0.717, 1.165) is 25.7 Å². The molecule has 0 amide bonds. The van der Waals surface area contributed by atoms with Gasteiger partial charge in [0.2, 0.25) is 0 Å². The van der Waals surface area contributed by atoms with Gasteiger partial charge in [0.1, 0.15) is 0 Å². The monoisotopic (exact) mass is 340 g/mol. The Kier molecular flexibility index (Phi) is 13.0. The highest BCUT2D eigenvalue weighted by molar-refractivity contribution is 5.83. The van der Waals surface area contributed by atoms with Gasteiger partial charge in [-0.1, -0.05) is 44.9 Å². The van der Waals surface area contributed by atoms with Crippen molar-refractivity contribution in [2.24, 2.45) is 0 Å².